The summed E-state index contributed by atoms with van der Waals surface area (Å²) in [5.41, 5.74) is 3.22. The fourth-order valence-corrected chi connectivity index (χ4v) is 1.03. The summed E-state index contributed by atoms with van der Waals surface area (Å²) in [5, 5.41) is 10.4. The number of carboxylic acids is 1. The Bertz CT molecular complexity index is 173. The van der Waals surface area contributed by atoms with Crippen molar-refractivity contribution in [3.05, 3.63) is 0 Å². The van der Waals surface area contributed by atoms with E-state index in [0.29, 0.717) is 6.42 Å². The van der Waals surface area contributed by atoms with Crippen LogP contribution in [0.15, 0.2) is 0 Å². The zero-order valence-corrected chi connectivity index (χ0v) is 6.92. The molecule has 1 rings (SSSR count). The zero-order chi connectivity index (χ0) is 8.48. The van der Waals surface area contributed by atoms with Crippen LogP contribution in [0, 0.1) is 0 Å². The van der Waals surface area contributed by atoms with Gasteiger partial charge in [-0.05, 0) is 20.3 Å². The third-order valence-electron chi connectivity index (χ3n) is 1.81. The fraction of sp³-hybridized carbons (Fsp3) is 0.857. The van der Waals surface area contributed by atoms with Crippen molar-refractivity contribution in [3.63, 3.8) is 0 Å². The van der Waals surface area contributed by atoms with Crippen molar-refractivity contribution >= 4 is 24.8 Å². The van der Waals surface area contributed by atoms with Gasteiger partial charge in [-0.2, -0.15) is 0 Å². The van der Waals surface area contributed by atoms with Crippen LogP contribution in [-0.2, 0) is 4.79 Å². The van der Waals surface area contributed by atoms with E-state index in [2.05, 4.69) is 19.3 Å². The van der Waals surface area contributed by atoms with E-state index < -0.39 is 5.97 Å². The second-order valence-corrected chi connectivity index (χ2v) is 3.32. The summed E-state index contributed by atoms with van der Waals surface area (Å²) in [6.45, 7) is 4.95. The Morgan fingerprint density at radius 2 is 2.08 bits per heavy atom. The zero-order valence-electron chi connectivity index (χ0n) is 6.92. The molecule has 0 spiro atoms. The van der Waals surface area contributed by atoms with Gasteiger partial charge in [0.05, 0.1) is 5.66 Å². The second-order valence-electron chi connectivity index (χ2n) is 3.32. The van der Waals surface area contributed by atoms with E-state index in [-0.39, 0.29) is 30.9 Å². The molecule has 0 aromatic rings. The molecule has 1 aliphatic rings. The maximum atomic E-state index is 10.1. The van der Waals surface area contributed by atoms with Gasteiger partial charge in [-0.1, -0.05) is 0 Å². The van der Waals surface area contributed by atoms with Crippen LogP contribution in [0.4, 0.5) is 0 Å². The third kappa shape index (κ3) is 3.59. The predicted octanol–water partition coefficient (Wildman–Crippen LogP) is -0.241. The molecule has 0 bridgehead atoms. The van der Waals surface area contributed by atoms with Gasteiger partial charge in [-0.15, -0.1) is 0 Å². The van der Waals surface area contributed by atoms with Gasteiger partial charge in [0.1, 0.15) is 0 Å². The van der Waals surface area contributed by atoms with Crippen molar-refractivity contribution in [2.75, 3.05) is 6.54 Å². The molecule has 4 nitrogen and oxygen atoms in total. The van der Waals surface area contributed by atoms with E-state index in [1.54, 1.807) is 0 Å². The molecule has 0 radical (unpaired) electrons. The average molecular weight is 166 g/mol. The van der Waals surface area contributed by atoms with Crippen molar-refractivity contribution in [1.82, 2.24) is 10.4 Å². The molecule has 0 aliphatic carbocycles. The molecule has 1 saturated heterocycles. The molecule has 66 valence electrons. The Balaban J connectivity index is 0.00000121. The van der Waals surface area contributed by atoms with Crippen LogP contribution >= 0.6 is 0 Å². The second kappa shape index (κ2) is 4.29. The van der Waals surface area contributed by atoms with E-state index in [1.807, 2.05) is 5.01 Å². The maximum absolute atomic E-state index is 10.1. The SMILES string of the molecule is CC1(C)NN1CCCC(=O)O.[LiH]. The summed E-state index contributed by atoms with van der Waals surface area (Å²) in [6, 6.07) is 0. The van der Waals surface area contributed by atoms with E-state index in [0.717, 1.165) is 6.54 Å². The summed E-state index contributed by atoms with van der Waals surface area (Å²) in [4.78, 5) is 10.1. The summed E-state index contributed by atoms with van der Waals surface area (Å²) in [5.74, 6) is -0.718. The molecule has 2 N–H and O–H groups in total. The van der Waals surface area contributed by atoms with Crippen molar-refractivity contribution in [3.8, 4) is 0 Å². The number of rotatable bonds is 4. The molecule has 1 unspecified atom stereocenters. The van der Waals surface area contributed by atoms with Gasteiger partial charge in [0.15, 0.2) is 0 Å². The van der Waals surface area contributed by atoms with Gasteiger partial charge >= 0.3 is 24.8 Å². The molecule has 0 amide bonds. The molecule has 1 heterocycles. The molecule has 12 heavy (non-hydrogen) atoms. The van der Waals surface area contributed by atoms with Crippen LogP contribution in [0.25, 0.3) is 0 Å². The van der Waals surface area contributed by atoms with Crippen LogP contribution in [0.5, 0.6) is 0 Å². The van der Waals surface area contributed by atoms with Gasteiger partial charge in [0, 0.05) is 13.0 Å². The quantitative estimate of drug-likeness (QED) is 0.447. The van der Waals surface area contributed by atoms with Crippen LogP contribution < -0.4 is 5.43 Å². The first kappa shape index (κ1) is 12.0. The standard InChI is InChI=1S/C7H14N2O2.Li.H/c1-7(2)8-9(7)5-3-4-6(10)11;;/h8H,3-5H2,1-2H3,(H,10,11);;. The van der Waals surface area contributed by atoms with Crippen molar-refractivity contribution in [1.29, 1.82) is 0 Å². The van der Waals surface area contributed by atoms with E-state index in [1.165, 1.54) is 0 Å². The number of carboxylic acid groups (broad SMARTS) is 1. The Kier molecular flexibility index (Phi) is 4.28. The topological polar surface area (TPSA) is 62.2 Å². The fourth-order valence-electron chi connectivity index (χ4n) is 1.03. The Labute approximate surface area is 84.5 Å². The first-order chi connectivity index (χ1) is 5.02. The van der Waals surface area contributed by atoms with Gasteiger partial charge in [-0.3, -0.25) is 4.79 Å². The van der Waals surface area contributed by atoms with Crippen molar-refractivity contribution < 1.29 is 9.90 Å². The van der Waals surface area contributed by atoms with Crippen molar-refractivity contribution in [2.24, 2.45) is 0 Å². The van der Waals surface area contributed by atoms with Crippen LogP contribution in [0.3, 0.4) is 0 Å². The van der Waals surface area contributed by atoms with Gasteiger partial charge < -0.3 is 5.11 Å². The molecular formula is C7H15LiN2O2. The van der Waals surface area contributed by atoms with Crippen LogP contribution in [-0.4, -0.2) is 47.2 Å². The van der Waals surface area contributed by atoms with Crippen LogP contribution in [0.1, 0.15) is 26.7 Å². The van der Waals surface area contributed by atoms with E-state index in [9.17, 15) is 4.79 Å². The molecule has 1 atom stereocenters. The number of nitrogens with zero attached hydrogens (tertiary/aromatic N) is 1. The van der Waals surface area contributed by atoms with Gasteiger partial charge in [0.25, 0.3) is 0 Å². The molecule has 0 aromatic heterocycles. The number of nitrogens with one attached hydrogen (secondary N) is 1. The summed E-state index contributed by atoms with van der Waals surface area (Å²) in [7, 11) is 0. The molecule has 0 aromatic carbocycles. The van der Waals surface area contributed by atoms with Crippen molar-refractivity contribution in [2.45, 2.75) is 32.4 Å². The number of hydrogen-bond acceptors (Lipinski definition) is 3. The minimum atomic E-state index is -0.718. The Morgan fingerprint density at radius 3 is 2.42 bits per heavy atom. The van der Waals surface area contributed by atoms with Gasteiger partial charge in [0.2, 0.25) is 0 Å². The van der Waals surface area contributed by atoms with E-state index >= 15 is 0 Å². The monoisotopic (exact) mass is 166 g/mol. The summed E-state index contributed by atoms with van der Waals surface area (Å²) < 4.78 is 0. The molecule has 1 aliphatic heterocycles. The molecular weight excluding hydrogens is 151 g/mol. The minimum absolute atomic E-state index is 0. The number of aliphatic carboxylic acids is 1. The van der Waals surface area contributed by atoms with Crippen LogP contribution in [0.2, 0.25) is 0 Å². The Hall–Kier alpha value is -0.0126. The number of hydrogen-bond donors (Lipinski definition) is 2. The van der Waals surface area contributed by atoms with E-state index in [4.69, 9.17) is 5.11 Å². The molecule has 5 heteroatoms. The number of carbonyl (C=O) groups is 1. The Morgan fingerprint density at radius 1 is 1.58 bits per heavy atom. The normalized spacial score (nSPS) is 24.3. The predicted molar refractivity (Wildman–Crippen MR) is 47.9 cm³/mol. The third-order valence-corrected chi connectivity index (χ3v) is 1.81. The number of hydrazine groups is 1. The summed E-state index contributed by atoms with van der Waals surface area (Å²) >= 11 is 0. The first-order valence-corrected chi connectivity index (χ1v) is 3.79. The molecule has 1 fully saturated rings. The average Bonchev–Trinajstić information content (AvgIpc) is 2.39. The first-order valence-electron chi connectivity index (χ1n) is 3.79. The molecule has 0 saturated carbocycles. The van der Waals surface area contributed by atoms with Gasteiger partial charge in [-0.25, -0.2) is 10.4 Å². The summed E-state index contributed by atoms with van der Waals surface area (Å²) in [6.07, 6.45) is 0.972.